The fourth-order valence-corrected chi connectivity index (χ4v) is 2.75. The van der Waals surface area contributed by atoms with E-state index >= 15 is 0 Å². The highest BCUT2D eigenvalue weighted by Gasteiger charge is 2.26. The third-order valence-corrected chi connectivity index (χ3v) is 4.29. The summed E-state index contributed by atoms with van der Waals surface area (Å²) in [5.41, 5.74) is 0. The normalized spacial score (nSPS) is 33.0. The van der Waals surface area contributed by atoms with Gasteiger partial charge in [0.05, 0.1) is 0 Å². The highest BCUT2D eigenvalue weighted by atomic mass is 16.3. The summed E-state index contributed by atoms with van der Waals surface area (Å²) in [6, 6.07) is 1.15. The van der Waals surface area contributed by atoms with Crippen LogP contribution in [0, 0.1) is 17.8 Å². The summed E-state index contributed by atoms with van der Waals surface area (Å²) in [6.45, 7) is 9.52. The van der Waals surface area contributed by atoms with Crippen LogP contribution in [0.4, 0.5) is 0 Å². The molecule has 96 valence electrons. The summed E-state index contributed by atoms with van der Waals surface area (Å²) < 4.78 is 0. The quantitative estimate of drug-likeness (QED) is 0.757. The third kappa shape index (κ3) is 4.06. The summed E-state index contributed by atoms with van der Waals surface area (Å²) in [7, 11) is 0. The van der Waals surface area contributed by atoms with E-state index in [0.29, 0.717) is 24.6 Å². The lowest BCUT2D eigenvalue weighted by atomic mass is 9.78. The molecule has 1 aliphatic carbocycles. The maximum absolute atomic E-state index is 9.07. The molecule has 1 fully saturated rings. The number of hydrogen-bond donors (Lipinski definition) is 2. The van der Waals surface area contributed by atoms with Crippen LogP contribution in [0.5, 0.6) is 0 Å². The van der Waals surface area contributed by atoms with Gasteiger partial charge in [-0.1, -0.05) is 27.7 Å². The topological polar surface area (TPSA) is 32.3 Å². The van der Waals surface area contributed by atoms with Crippen LogP contribution in [0.25, 0.3) is 0 Å². The van der Waals surface area contributed by atoms with E-state index in [1.54, 1.807) is 0 Å². The molecule has 0 amide bonds. The molecule has 0 bridgehead atoms. The summed E-state index contributed by atoms with van der Waals surface area (Å²) in [4.78, 5) is 0. The van der Waals surface area contributed by atoms with Crippen molar-refractivity contribution in [1.82, 2.24) is 5.32 Å². The number of aliphatic hydroxyl groups is 1. The van der Waals surface area contributed by atoms with E-state index in [4.69, 9.17) is 5.11 Å². The first-order valence-corrected chi connectivity index (χ1v) is 6.91. The third-order valence-electron chi connectivity index (χ3n) is 4.29. The molecule has 2 N–H and O–H groups in total. The maximum Gasteiger partial charge on any atom is 0.0445 e. The van der Waals surface area contributed by atoms with E-state index in [1.165, 1.54) is 19.3 Å². The molecule has 4 unspecified atom stereocenters. The molecule has 0 aliphatic heterocycles. The molecule has 16 heavy (non-hydrogen) atoms. The number of hydrogen-bond acceptors (Lipinski definition) is 2. The van der Waals surface area contributed by atoms with Crippen LogP contribution >= 0.6 is 0 Å². The Labute approximate surface area is 101 Å². The van der Waals surface area contributed by atoms with Gasteiger partial charge in [0.2, 0.25) is 0 Å². The molecule has 2 heteroatoms. The average molecular weight is 227 g/mol. The maximum atomic E-state index is 9.07. The Kier molecular flexibility index (Phi) is 5.77. The lowest BCUT2D eigenvalue weighted by Crippen LogP contribution is -2.45. The second kappa shape index (κ2) is 6.61. The first-order chi connectivity index (χ1) is 7.54. The van der Waals surface area contributed by atoms with Gasteiger partial charge in [0.15, 0.2) is 0 Å². The molecule has 2 nitrogen and oxygen atoms in total. The van der Waals surface area contributed by atoms with E-state index in [0.717, 1.165) is 18.3 Å². The van der Waals surface area contributed by atoms with Crippen LogP contribution in [0.1, 0.15) is 53.4 Å². The van der Waals surface area contributed by atoms with Crippen LogP contribution in [0.15, 0.2) is 0 Å². The minimum absolute atomic E-state index is 0.300. The number of rotatable bonds is 5. The van der Waals surface area contributed by atoms with Crippen molar-refractivity contribution in [3.63, 3.8) is 0 Å². The smallest absolute Gasteiger partial charge is 0.0445 e. The molecule has 0 aromatic heterocycles. The SMILES string of the molecule is CC(C)C(CCO)NC1CCC(C)C(C)C1. The summed E-state index contributed by atoms with van der Waals surface area (Å²) in [5, 5.41) is 12.8. The Morgan fingerprint density at radius 2 is 1.88 bits per heavy atom. The molecular formula is C14H29NO. The predicted octanol–water partition coefficient (Wildman–Crippen LogP) is 2.81. The molecule has 0 radical (unpaired) electrons. The van der Waals surface area contributed by atoms with Crippen molar-refractivity contribution in [2.45, 2.75) is 65.5 Å². The molecule has 0 spiro atoms. The van der Waals surface area contributed by atoms with E-state index < -0.39 is 0 Å². The van der Waals surface area contributed by atoms with Crippen LogP contribution in [0.3, 0.4) is 0 Å². The van der Waals surface area contributed by atoms with Gasteiger partial charge in [-0.15, -0.1) is 0 Å². The number of aliphatic hydroxyl groups excluding tert-OH is 1. The first kappa shape index (κ1) is 14.0. The Hall–Kier alpha value is -0.0800. The van der Waals surface area contributed by atoms with Crippen molar-refractivity contribution in [3.05, 3.63) is 0 Å². The van der Waals surface area contributed by atoms with E-state index in [-0.39, 0.29) is 0 Å². The monoisotopic (exact) mass is 227 g/mol. The van der Waals surface area contributed by atoms with E-state index in [1.807, 2.05) is 0 Å². The molecule has 1 rings (SSSR count). The van der Waals surface area contributed by atoms with Crippen molar-refractivity contribution in [2.24, 2.45) is 17.8 Å². The minimum Gasteiger partial charge on any atom is -0.396 e. The highest BCUT2D eigenvalue weighted by molar-refractivity contribution is 4.83. The zero-order chi connectivity index (χ0) is 12.1. The Balaban J connectivity index is 2.40. The van der Waals surface area contributed by atoms with Crippen LogP contribution in [-0.4, -0.2) is 23.8 Å². The molecule has 4 atom stereocenters. The first-order valence-electron chi connectivity index (χ1n) is 6.91. The van der Waals surface area contributed by atoms with Gasteiger partial charge in [-0.25, -0.2) is 0 Å². The van der Waals surface area contributed by atoms with Gasteiger partial charge in [-0.2, -0.15) is 0 Å². The van der Waals surface area contributed by atoms with Crippen LogP contribution < -0.4 is 5.32 Å². The molecule has 0 aromatic rings. The van der Waals surface area contributed by atoms with Crippen molar-refractivity contribution in [2.75, 3.05) is 6.61 Å². The Morgan fingerprint density at radius 3 is 2.38 bits per heavy atom. The van der Waals surface area contributed by atoms with Gasteiger partial charge in [-0.3, -0.25) is 0 Å². The molecule has 1 aliphatic rings. The number of nitrogens with one attached hydrogen (secondary N) is 1. The van der Waals surface area contributed by atoms with Crippen molar-refractivity contribution in [3.8, 4) is 0 Å². The van der Waals surface area contributed by atoms with Gasteiger partial charge < -0.3 is 10.4 Å². The van der Waals surface area contributed by atoms with Crippen LogP contribution in [-0.2, 0) is 0 Å². The van der Waals surface area contributed by atoms with Gasteiger partial charge in [0.1, 0.15) is 0 Å². The van der Waals surface area contributed by atoms with Crippen LogP contribution in [0.2, 0.25) is 0 Å². The molecule has 1 saturated carbocycles. The zero-order valence-corrected chi connectivity index (χ0v) is 11.4. The van der Waals surface area contributed by atoms with Crippen molar-refractivity contribution >= 4 is 0 Å². The van der Waals surface area contributed by atoms with Gasteiger partial charge in [0.25, 0.3) is 0 Å². The van der Waals surface area contributed by atoms with Gasteiger partial charge >= 0.3 is 0 Å². The van der Waals surface area contributed by atoms with Crippen molar-refractivity contribution < 1.29 is 5.11 Å². The lowest BCUT2D eigenvalue weighted by Gasteiger charge is -2.36. The highest BCUT2D eigenvalue weighted by Crippen LogP contribution is 2.29. The summed E-state index contributed by atoms with van der Waals surface area (Å²) in [5.74, 6) is 2.34. The Morgan fingerprint density at radius 1 is 1.19 bits per heavy atom. The summed E-state index contributed by atoms with van der Waals surface area (Å²) in [6.07, 6.45) is 4.84. The molecule has 0 heterocycles. The van der Waals surface area contributed by atoms with Gasteiger partial charge in [0, 0.05) is 18.7 Å². The molecule has 0 aromatic carbocycles. The standard InChI is InChI=1S/C14H29NO/c1-10(2)14(7-8-16)15-13-6-5-11(3)12(4)9-13/h10-16H,5-9H2,1-4H3. The minimum atomic E-state index is 0.300. The van der Waals surface area contributed by atoms with E-state index in [9.17, 15) is 0 Å². The van der Waals surface area contributed by atoms with Gasteiger partial charge in [-0.05, 0) is 43.4 Å². The lowest BCUT2D eigenvalue weighted by molar-refractivity contribution is 0.184. The second-order valence-corrected chi connectivity index (χ2v) is 5.99. The largest absolute Gasteiger partial charge is 0.396 e. The second-order valence-electron chi connectivity index (χ2n) is 5.99. The summed E-state index contributed by atoms with van der Waals surface area (Å²) >= 11 is 0. The molecular weight excluding hydrogens is 198 g/mol. The fourth-order valence-electron chi connectivity index (χ4n) is 2.75. The van der Waals surface area contributed by atoms with E-state index in [2.05, 4.69) is 33.0 Å². The average Bonchev–Trinajstić information content (AvgIpc) is 2.22. The zero-order valence-electron chi connectivity index (χ0n) is 11.4. The predicted molar refractivity (Wildman–Crippen MR) is 69.4 cm³/mol. The Bertz CT molecular complexity index is 193. The van der Waals surface area contributed by atoms with Crippen molar-refractivity contribution in [1.29, 1.82) is 0 Å². The molecule has 0 saturated heterocycles. The fraction of sp³-hybridized carbons (Fsp3) is 1.00.